The van der Waals surface area contributed by atoms with E-state index in [0.29, 0.717) is 16.4 Å². The zero-order chi connectivity index (χ0) is 20.7. The fourth-order valence-electron chi connectivity index (χ4n) is 2.04. The summed E-state index contributed by atoms with van der Waals surface area (Å²) in [6, 6.07) is 10.1. The van der Waals surface area contributed by atoms with E-state index in [1.54, 1.807) is 12.1 Å². The maximum atomic E-state index is 12.8. The number of anilines is 2. The van der Waals surface area contributed by atoms with Crippen LogP contribution >= 0.6 is 11.6 Å². The molecule has 2 aromatic rings. The zero-order valence-corrected chi connectivity index (χ0v) is 15.7. The predicted octanol–water partition coefficient (Wildman–Crippen LogP) is 2.89. The Kier molecular flexibility index (Phi) is 7.11. The number of nitrogens with one attached hydrogen (secondary N) is 4. The number of hydrogen-bond acceptors (Lipinski definition) is 4. The largest absolute Gasteiger partial charge is 0.327 e. The molecule has 28 heavy (non-hydrogen) atoms. The number of aryl methyl sites for hydroxylation is 1. The van der Waals surface area contributed by atoms with Crippen molar-refractivity contribution >= 4 is 40.7 Å². The van der Waals surface area contributed by atoms with Crippen molar-refractivity contribution in [3.63, 3.8) is 0 Å². The zero-order valence-electron chi connectivity index (χ0n) is 14.9. The standard InChI is InChI=1S/C19H18ClFN4O3/c1-11-3-6-15(10-16(11)20)23-18(27)19(28)25-24-12(2)9-17(26)22-14-7-4-13(21)5-8-14/h3-8,10,24H,2,9H2,1H3,(H,22,26)(H,23,27)(H,25,28). The Morgan fingerprint density at radius 2 is 1.61 bits per heavy atom. The van der Waals surface area contributed by atoms with Crippen molar-refractivity contribution < 1.29 is 18.8 Å². The molecule has 4 N–H and O–H groups in total. The summed E-state index contributed by atoms with van der Waals surface area (Å²) >= 11 is 5.96. The molecular weight excluding hydrogens is 387 g/mol. The lowest BCUT2D eigenvalue weighted by Crippen LogP contribution is -2.43. The molecule has 9 heteroatoms. The van der Waals surface area contributed by atoms with Crippen LogP contribution in [0.25, 0.3) is 0 Å². The highest BCUT2D eigenvalue weighted by atomic mass is 35.5. The molecule has 0 fully saturated rings. The third-order valence-electron chi connectivity index (χ3n) is 3.49. The van der Waals surface area contributed by atoms with Gasteiger partial charge in [-0.1, -0.05) is 24.2 Å². The van der Waals surface area contributed by atoms with Gasteiger partial charge in [-0.15, -0.1) is 0 Å². The molecule has 0 aliphatic rings. The van der Waals surface area contributed by atoms with Crippen molar-refractivity contribution in [2.24, 2.45) is 0 Å². The van der Waals surface area contributed by atoms with Crippen LogP contribution in [0, 0.1) is 12.7 Å². The molecule has 2 aromatic carbocycles. The van der Waals surface area contributed by atoms with Crippen molar-refractivity contribution in [2.75, 3.05) is 10.6 Å². The van der Waals surface area contributed by atoms with Crippen LogP contribution in [0.1, 0.15) is 12.0 Å². The lowest BCUT2D eigenvalue weighted by molar-refractivity contribution is -0.136. The van der Waals surface area contributed by atoms with Crippen LogP contribution in [-0.2, 0) is 14.4 Å². The molecule has 2 rings (SSSR count). The molecule has 0 spiro atoms. The van der Waals surface area contributed by atoms with Crippen LogP contribution in [0.4, 0.5) is 15.8 Å². The van der Waals surface area contributed by atoms with E-state index in [1.165, 1.54) is 30.3 Å². The number of carbonyl (C=O) groups excluding carboxylic acids is 3. The second-order valence-electron chi connectivity index (χ2n) is 5.83. The maximum absolute atomic E-state index is 12.8. The molecule has 0 bridgehead atoms. The van der Waals surface area contributed by atoms with Gasteiger partial charge in [0.25, 0.3) is 0 Å². The van der Waals surface area contributed by atoms with Gasteiger partial charge in [0.15, 0.2) is 0 Å². The third kappa shape index (κ3) is 6.40. The van der Waals surface area contributed by atoms with Gasteiger partial charge in [-0.3, -0.25) is 19.8 Å². The van der Waals surface area contributed by atoms with Gasteiger partial charge in [0.05, 0.1) is 6.42 Å². The van der Waals surface area contributed by atoms with Crippen LogP contribution in [0.15, 0.2) is 54.7 Å². The number of halogens is 2. The minimum atomic E-state index is -0.975. The van der Waals surface area contributed by atoms with Crippen LogP contribution < -0.4 is 21.5 Å². The van der Waals surface area contributed by atoms with Gasteiger partial charge in [-0.2, -0.15) is 0 Å². The Hall–Kier alpha value is -3.39. The van der Waals surface area contributed by atoms with Crippen LogP contribution in [-0.4, -0.2) is 17.7 Å². The summed E-state index contributed by atoms with van der Waals surface area (Å²) in [5.74, 6) is -2.75. The third-order valence-corrected chi connectivity index (χ3v) is 3.90. The highest BCUT2D eigenvalue weighted by molar-refractivity contribution is 6.39. The Morgan fingerprint density at radius 3 is 2.25 bits per heavy atom. The highest BCUT2D eigenvalue weighted by Crippen LogP contribution is 2.19. The average molecular weight is 405 g/mol. The van der Waals surface area contributed by atoms with Gasteiger partial charge in [-0.25, -0.2) is 4.39 Å². The summed E-state index contributed by atoms with van der Waals surface area (Å²) in [7, 11) is 0. The molecule has 3 amide bonds. The SMILES string of the molecule is C=C(CC(=O)Nc1ccc(F)cc1)NNC(=O)C(=O)Nc1ccc(C)c(Cl)c1. The van der Waals surface area contributed by atoms with Crippen molar-refractivity contribution in [2.45, 2.75) is 13.3 Å². The van der Waals surface area contributed by atoms with E-state index < -0.39 is 23.5 Å². The van der Waals surface area contributed by atoms with Gasteiger partial charge >= 0.3 is 11.8 Å². The summed E-state index contributed by atoms with van der Waals surface area (Å²) in [6.07, 6.45) is -0.174. The van der Waals surface area contributed by atoms with Crippen LogP contribution in [0.3, 0.4) is 0 Å². The summed E-state index contributed by atoms with van der Waals surface area (Å²) < 4.78 is 12.8. The van der Waals surface area contributed by atoms with Crippen molar-refractivity contribution in [3.8, 4) is 0 Å². The predicted molar refractivity (Wildman–Crippen MR) is 105 cm³/mol. The van der Waals surface area contributed by atoms with E-state index in [-0.39, 0.29) is 12.1 Å². The second kappa shape index (κ2) is 9.52. The quantitative estimate of drug-likeness (QED) is 0.439. The molecule has 7 nitrogen and oxygen atoms in total. The molecule has 0 saturated carbocycles. The maximum Gasteiger partial charge on any atom is 0.327 e. The van der Waals surface area contributed by atoms with Gasteiger partial charge < -0.3 is 16.1 Å². The number of hydrogen-bond donors (Lipinski definition) is 4. The second-order valence-corrected chi connectivity index (χ2v) is 6.24. The lowest BCUT2D eigenvalue weighted by Gasteiger charge is -2.12. The molecule has 0 saturated heterocycles. The molecule has 0 aliphatic carbocycles. The molecule has 0 radical (unpaired) electrons. The summed E-state index contributed by atoms with van der Waals surface area (Å²) in [4.78, 5) is 35.6. The number of hydrazine groups is 1. The molecular formula is C19H18ClFN4O3. The van der Waals surface area contributed by atoms with Gasteiger partial charge in [0.1, 0.15) is 5.82 Å². The Morgan fingerprint density at radius 1 is 0.964 bits per heavy atom. The topological polar surface area (TPSA) is 99.3 Å². The Balaban J connectivity index is 1.76. The first kappa shape index (κ1) is 20.9. The highest BCUT2D eigenvalue weighted by Gasteiger charge is 2.14. The van der Waals surface area contributed by atoms with Crippen molar-refractivity contribution in [3.05, 3.63) is 71.1 Å². The number of rotatable bonds is 6. The normalized spacial score (nSPS) is 9.96. The summed E-state index contributed by atoms with van der Waals surface area (Å²) in [5, 5.41) is 5.39. The first-order valence-electron chi connectivity index (χ1n) is 8.11. The van der Waals surface area contributed by atoms with Crippen molar-refractivity contribution in [1.82, 2.24) is 10.9 Å². The molecule has 0 heterocycles. The minimum Gasteiger partial charge on any atom is -0.326 e. The van der Waals surface area contributed by atoms with Gasteiger partial charge in [-0.05, 0) is 48.9 Å². The van der Waals surface area contributed by atoms with Crippen LogP contribution in [0.2, 0.25) is 5.02 Å². The monoisotopic (exact) mass is 404 g/mol. The van der Waals surface area contributed by atoms with Crippen LogP contribution in [0.5, 0.6) is 0 Å². The Bertz CT molecular complexity index is 916. The van der Waals surface area contributed by atoms with E-state index in [9.17, 15) is 18.8 Å². The van der Waals surface area contributed by atoms with E-state index in [1.807, 2.05) is 6.92 Å². The fraction of sp³-hybridized carbons (Fsp3) is 0.105. The van der Waals surface area contributed by atoms with E-state index in [4.69, 9.17) is 11.6 Å². The molecule has 146 valence electrons. The summed E-state index contributed by atoms with van der Waals surface area (Å²) in [6.45, 7) is 5.40. The van der Waals surface area contributed by atoms with Gasteiger partial charge in [0.2, 0.25) is 5.91 Å². The van der Waals surface area contributed by atoms with E-state index >= 15 is 0 Å². The van der Waals surface area contributed by atoms with Gasteiger partial charge in [0, 0.05) is 22.1 Å². The number of amides is 3. The first-order valence-corrected chi connectivity index (χ1v) is 8.49. The fourth-order valence-corrected chi connectivity index (χ4v) is 2.22. The first-order chi connectivity index (χ1) is 13.2. The average Bonchev–Trinajstić information content (AvgIpc) is 2.64. The molecule has 0 unspecified atom stereocenters. The lowest BCUT2D eigenvalue weighted by atomic mass is 10.2. The molecule has 0 atom stereocenters. The molecule has 0 aliphatic heterocycles. The minimum absolute atomic E-state index is 0.152. The smallest absolute Gasteiger partial charge is 0.326 e. The number of benzene rings is 2. The molecule has 0 aromatic heterocycles. The van der Waals surface area contributed by atoms with E-state index in [2.05, 4.69) is 28.1 Å². The summed E-state index contributed by atoms with van der Waals surface area (Å²) in [5.41, 5.74) is 6.31. The van der Waals surface area contributed by atoms with E-state index in [0.717, 1.165) is 5.56 Å². The van der Waals surface area contributed by atoms with Crippen molar-refractivity contribution in [1.29, 1.82) is 0 Å². The Labute approximate surface area is 165 Å². The number of carbonyl (C=O) groups is 3.